The van der Waals surface area contributed by atoms with Gasteiger partial charge in [0.05, 0.1) is 35.6 Å². The molecule has 0 spiro atoms. The molecule has 0 saturated heterocycles. The zero-order chi connectivity index (χ0) is 17.4. The summed E-state index contributed by atoms with van der Waals surface area (Å²) in [6, 6.07) is 8.66. The van der Waals surface area contributed by atoms with Gasteiger partial charge in [-0.25, -0.2) is 4.98 Å². The van der Waals surface area contributed by atoms with Gasteiger partial charge >= 0.3 is 0 Å². The Kier molecular flexibility index (Phi) is 3.70. The molecule has 0 radical (unpaired) electrons. The second-order valence-electron chi connectivity index (χ2n) is 5.98. The van der Waals surface area contributed by atoms with Gasteiger partial charge in [0, 0.05) is 17.8 Å². The average Bonchev–Trinajstić information content (AvgIpc) is 3.24. The summed E-state index contributed by atoms with van der Waals surface area (Å²) in [4.78, 5) is 17.2. The summed E-state index contributed by atoms with van der Waals surface area (Å²) >= 11 is 0. The lowest BCUT2D eigenvalue weighted by Gasteiger charge is -2.14. The Morgan fingerprint density at radius 3 is 3.04 bits per heavy atom. The molecule has 0 aliphatic carbocycles. The number of fused-ring (bicyclic) bond motifs is 2. The number of carbonyl (C=O) groups is 1. The number of pyridine rings is 1. The molecule has 1 atom stereocenters. The first-order valence-electron chi connectivity index (χ1n) is 7.95. The van der Waals surface area contributed by atoms with E-state index in [2.05, 4.69) is 20.5 Å². The fourth-order valence-corrected chi connectivity index (χ4v) is 2.91. The number of amides is 1. The van der Waals surface area contributed by atoms with Gasteiger partial charge in [-0.05, 0) is 30.7 Å². The van der Waals surface area contributed by atoms with Crippen LogP contribution in [-0.4, -0.2) is 37.2 Å². The van der Waals surface area contributed by atoms with E-state index in [9.17, 15) is 9.90 Å². The molecule has 3 heterocycles. The number of carbonyl (C=O) groups excluding carboxylic acids is 1. The van der Waals surface area contributed by atoms with Crippen molar-refractivity contribution in [3.8, 4) is 0 Å². The Bertz CT molecular complexity index is 1070. The lowest BCUT2D eigenvalue weighted by Crippen LogP contribution is -2.31. The molecule has 1 unspecified atom stereocenters. The minimum atomic E-state index is -0.588. The molecule has 25 heavy (non-hydrogen) atoms. The van der Waals surface area contributed by atoms with E-state index in [-0.39, 0.29) is 12.5 Å². The highest BCUT2D eigenvalue weighted by atomic mass is 16.3. The monoisotopic (exact) mass is 335 g/mol. The summed E-state index contributed by atoms with van der Waals surface area (Å²) in [5.74, 6) is -0.278. The number of aliphatic hydroxyl groups excluding tert-OH is 1. The van der Waals surface area contributed by atoms with Crippen LogP contribution in [0.4, 0.5) is 0 Å². The van der Waals surface area contributed by atoms with Crippen molar-refractivity contribution >= 4 is 22.5 Å². The van der Waals surface area contributed by atoms with Crippen LogP contribution in [0.25, 0.3) is 16.6 Å². The molecule has 4 aromatic rings. The van der Waals surface area contributed by atoms with E-state index in [0.717, 1.165) is 22.1 Å². The number of aliphatic hydroxyl groups is 1. The Hall–Kier alpha value is -3.19. The highest BCUT2D eigenvalue weighted by Crippen LogP contribution is 2.19. The smallest absolute Gasteiger partial charge is 0.252 e. The summed E-state index contributed by atoms with van der Waals surface area (Å²) < 4.78 is 1.89. The number of aromatic amines is 1. The van der Waals surface area contributed by atoms with Gasteiger partial charge in [-0.3, -0.25) is 9.89 Å². The maximum atomic E-state index is 12.7. The molecule has 7 heteroatoms. The fourth-order valence-electron chi connectivity index (χ4n) is 2.91. The van der Waals surface area contributed by atoms with E-state index in [1.165, 1.54) is 0 Å². The van der Waals surface area contributed by atoms with E-state index >= 15 is 0 Å². The number of nitrogens with one attached hydrogen (secondary N) is 2. The van der Waals surface area contributed by atoms with Gasteiger partial charge in [0.15, 0.2) is 0 Å². The minimum Gasteiger partial charge on any atom is -0.394 e. The van der Waals surface area contributed by atoms with Crippen molar-refractivity contribution < 1.29 is 9.90 Å². The average molecular weight is 335 g/mol. The molecule has 4 rings (SSSR count). The third-order valence-corrected chi connectivity index (χ3v) is 4.19. The summed E-state index contributed by atoms with van der Waals surface area (Å²) in [6.07, 6.45) is 5.39. The van der Waals surface area contributed by atoms with E-state index in [1.54, 1.807) is 18.3 Å². The summed E-state index contributed by atoms with van der Waals surface area (Å²) in [5.41, 5.74) is 3.78. The highest BCUT2D eigenvalue weighted by molar-refractivity contribution is 6.06. The number of hydrogen-bond donors (Lipinski definition) is 3. The number of imidazole rings is 1. The second-order valence-corrected chi connectivity index (χ2v) is 5.98. The Labute approximate surface area is 143 Å². The van der Waals surface area contributed by atoms with E-state index in [0.29, 0.717) is 11.3 Å². The van der Waals surface area contributed by atoms with Crippen LogP contribution in [-0.2, 0) is 0 Å². The van der Waals surface area contributed by atoms with Gasteiger partial charge in [-0.2, -0.15) is 5.10 Å². The maximum Gasteiger partial charge on any atom is 0.252 e. The second kappa shape index (κ2) is 6.03. The molecule has 1 aromatic carbocycles. The van der Waals surface area contributed by atoms with Crippen molar-refractivity contribution in [3.05, 3.63) is 65.7 Å². The molecule has 0 bridgehead atoms. The lowest BCUT2D eigenvalue weighted by molar-refractivity contribution is 0.0916. The van der Waals surface area contributed by atoms with Gasteiger partial charge in [0.1, 0.15) is 5.65 Å². The third-order valence-electron chi connectivity index (χ3n) is 4.19. The SMILES string of the molecule is Cc1ccc2nc(C(CO)NC(=O)c3cccc4[nH]ncc34)cn2c1. The topological polar surface area (TPSA) is 95.3 Å². The number of nitrogens with zero attached hydrogens (tertiary/aromatic N) is 3. The number of benzene rings is 1. The van der Waals surface area contributed by atoms with Crippen LogP contribution >= 0.6 is 0 Å². The van der Waals surface area contributed by atoms with E-state index in [4.69, 9.17) is 0 Å². The molecule has 0 aliphatic rings. The Balaban J connectivity index is 1.64. The van der Waals surface area contributed by atoms with Crippen LogP contribution in [0.2, 0.25) is 0 Å². The zero-order valence-corrected chi connectivity index (χ0v) is 13.6. The molecule has 3 aromatic heterocycles. The molecular weight excluding hydrogens is 318 g/mol. The van der Waals surface area contributed by atoms with Crippen molar-refractivity contribution in [1.82, 2.24) is 24.9 Å². The summed E-state index contributed by atoms with van der Waals surface area (Å²) in [7, 11) is 0. The summed E-state index contributed by atoms with van der Waals surface area (Å²) in [5, 5.41) is 20.1. The third kappa shape index (κ3) is 2.74. The standard InChI is InChI=1S/C18H17N5O2/c1-11-5-6-17-20-15(9-23(17)8-11)16(10-24)21-18(25)12-3-2-4-14-13(12)7-19-22-14/h2-9,16,24H,10H2,1H3,(H,19,22)(H,21,25). The number of aromatic nitrogens is 4. The van der Waals surface area contributed by atoms with Gasteiger partial charge in [0.2, 0.25) is 0 Å². The lowest BCUT2D eigenvalue weighted by atomic mass is 10.1. The van der Waals surface area contributed by atoms with Crippen molar-refractivity contribution in [2.45, 2.75) is 13.0 Å². The first-order valence-corrected chi connectivity index (χ1v) is 7.95. The van der Waals surface area contributed by atoms with E-state index in [1.807, 2.05) is 41.9 Å². The van der Waals surface area contributed by atoms with E-state index < -0.39 is 6.04 Å². The van der Waals surface area contributed by atoms with Crippen LogP contribution in [0, 0.1) is 6.92 Å². The molecular formula is C18H17N5O2. The number of rotatable bonds is 4. The minimum absolute atomic E-state index is 0.240. The highest BCUT2D eigenvalue weighted by Gasteiger charge is 2.19. The van der Waals surface area contributed by atoms with Crippen LogP contribution < -0.4 is 5.32 Å². The molecule has 7 nitrogen and oxygen atoms in total. The van der Waals surface area contributed by atoms with Gasteiger partial charge in [0.25, 0.3) is 5.91 Å². The van der Waals surface area contributed by atoms with Crippen LogP contribution in [0.5, 0.6) is 0 Å². The van der Waals surface area contributed by atoms with Crippen molar-refractivity contribution in [1.29, 1.82) is 0 Å². The number of H-pyrrole nitrogens is 1. The van der Waals surface area contributed by atoms with Crippen molar-refractivity contribution in [3.63, 3.8) is 0 Å². The summed E-state index contributed by atoms with van der Waals surface area (Å²) in [6.45, 7) is 1.76. The fraction of sp³-hybridized carbons (Fsp3) is 0.167. The first kappa shape index (κ1) is 15.3. The quantitative estimate of drug-likeness (QED) is 0.531. The molecule has 1 amide bonds. The van der Waals surface area contributed by atoms with Crippen LogP contribution in [0.1, 0.15) is 27.7 Å². The molecule has 126 valence electrons. The van der Waals surface area contributed by atoms with Crippen LogP contribution in [0.3, 0.4) is 0 Å². The van der Waals surface area contributed by atoms with Gasteiger partial charge in [-0.1, -0.05) is 12.1 Å². The molecule has 0 saturated carbocycles. The van der Waals surface area contributed by atoms with Gasteiger partial charge in [-0.15, -0.1) is 0 Å². The first-order chi connectivity index (χ1) is 12.2. The predicted octanol–water partition coefficient (Wildman–Crippen LogP) is 1.98. The van der Waals surface area contributed by atoms with Gasteiger partial charge < -0.3 is 14.8 Å². The largest absolute Gasteiger partial charge is 0.394 e. The zero-order valence-electron chi connectivity index (χ0n) is 13.6. The van der Waals surface area contributed by atoms with Crippen molar-refractivity contribution in [2.75, 3.05) is 6.61 Å². The molecule has 0 fully saturated rings. The Morgan fingerprint density at radius 2 is 2.20 bits per heavy atom. The predicted molar refractivity (Wildman–Crippen MR) is 93.3 cm³/mol. The Morgan fingerprint density at radius 1 is 1.32 bits per heavy atom. The number of aryl methyl sites for hydroxylation is 1. The maximum absolute atomic E-state index is 12.7. The molecule has 0 aliphatic heterocycles. The van der Waals surface area contributed by atoms with Crippen LogP contribution in [0.15, 0.2) is 48.9 Å². The van der Waals surface area contributed by atoms with Crippen molar-refractivity contribution in [2.24, 2.45) is 0 Å². The molecule has 3 N–H and O–H groups in total. The number of hydrogen-bond acceptors (Lipinski definition) is 4. The normalized spacial score (nSPS) is 12.6.